The quantitative estimate of drug-likeness (QED) is 0.687. The van der Waals surface area contributed by atoms with Crippen molar-refractivity contribution >= 4 is 35.8 Å². The number of carboxylic acids is 1. The minimum absolute atomic E-state index is 0.263. The van der Waals surface area contributed by atoms with Crippen molar-refractivity contribution in [3.05, 3.63) is 22.4 Å². The third kappa shape index (κ3) is 4.40. The zero-order valence-corrected chi connectivity index (χ0v) is 11.1. The summed E-state index contributed by atoms with van der Waals surface area (Å²) in [6.07, 6.45) is 0.588. The lowest BCUT2D eigenvalue weighted by Gasteiger charge is -2.16. The van der Waals surface area contributed by atoms with Gasteiger partial charge in [-0.05, 0) is 35.7 Å². The van der Waals surface area contributed by atoms with E-state index in [0.29, 0.717) is 12.2 Å². The van der Waals surface area contributed by atoms with Gasteiger partial charge in [-0.1, -0.05) is 0 Å². The van der Waals surface area contributed by atoms with Crippen LogP contribution in [0.1, 0.15) is 12.5 Å². The molecule has 1 heterocycles. The lowest BCUT2D eigenvalue weighted by molar-refractivity contribution is -0.141. The molecular weight excluding hydrogens is 258 g/mol. The van der Waals surface area contributed by atoms with E-state index in [1.165, 1.54) is 6.92 Å². The van der Waals surface area contributed by atoms with E-state index in [2.05, 4.69) is 17.9 Å². The number of nitrogens with one attached hydrogen (secondary N) is 1. The van der Waals surface area contributed by atoms with Crippen molar-refractivity contribution in [2.45, 2.75) is 19.4 Å². The maximum Gasteiger partial charge on any atom is 0.325 e. The average molecular weight is 273 g/mol. The summed E-state index contributed by atoms with van der Waals surface area (Å²) in [5.41, 5.74) is 1.08. The first-order valence-electron chi connectivity index (χ1n) is 5.19. The van der Waals surface area contributed by atoms with Crippen LogP contribution >= 0.6 is 24.0 Å². The molecule has 2 atom stereocenters. The first kappa shape index (κ1) is 14.1. The van der Waals surface area contributed by atoms with Gasteiger partial charge in [0.05, 0.1) is 5.92 Å². The third-order valence-corrected chi connectivity index (χ3v) is 3.56. The molecule has 0 aliphatic carbocycles. The van der Waals surface area contributed by atoms with Gasteiger partial charge in [0.1, 0.15) is 6.04 Å². The number of amides is 1. The summed E-state index contributed by atoms with van der Waals surface area (Å²) in [6.45, 7) is 1.44. The number of carboxylic acid groups (broad SMARTS) is 1. The number of rotatable bonds is 6. The Labute approximate surface area is 109 Å². The van der Waals surface area contributed by atoms with Crippen LogP contribution in [0.15, 0.2) is 16.8 Å². The van der Waals surface area contributed by atoms with E-state index in [1.807, 2.05) is 16.8 Å². The van der Waals surface area contributed by atoms with Crippen LogP contribution in [-0.4, -0.2) is 28.8 Å². The first-order valence-corrected chi connectivity index (χ1v) is 6.77. The summed E-state index contributed by atoms with van der Waals surface area (Å²) >= 11 is 5.71. The van der Waals surface area contributed by atoms with E-state index in [1.54, 1.807) is 11.3 Å². The Morgan fingerprint density at radius 2 is 2.29 bits per heavy atom. The minimum Gasteiger partial charge on any atom is -0.480 e. The van der Waals surface area contributed by atoms with Crippen LogP contribution < -0.4 is 5.32 Å². The van der Waals surface area contributed by atoms with Gasteiger partial charge in [-0.25, -0.2) is 0 Å². The highest BCUT2D eigenvalue weighted by Crippen LogP contribution is 2.14. The van der Waals surface area contributed by atoms with Crippen LogP contribution in [-0.2, 0) is 16.0 Å². The Balaban J connectivity index is 2.55. The van der Waals surface area contributed by atoms with Crippen molar-refractivity contribution in [2.24, 2.45) is 5.92 Å². The maximum atomic E-state index is 11.8. The Morgan fingerprint density at radius 3 is 2.76 bits per heavy atom. The van der Waals surface area contributed by atoms with E-state index >= 15 is 0 Å². The van der Waals surface area contributed by atoms with Gasteiger partial charge in [0, 0.05) is 5.75 Å². The minimum atomic E-state index is -1.04. The van der Waals surface area contributed by atoms with Crippen molar-refractivity contribution in [1.29, 1.82) is 0 Å². The van der Waals surface area contributed by atoms with Crippen molar-refractivity contribution in [3.8, 4) is 0 Å². The molecular formula is C11H15NO3S2. The van der Waals surface area contributed by atoms with Crippen LogP contribution in [0.4, 0.5) is 0 Å². The third-order valence-electron chi connectivity index (χ3n) is 2.38. The van der Waals surface area contributed by atoms with Crippen LogP contribution in [0.25, 0.3) is 0 Å². The summed E-state index contributed by atoms with van der Waals surface area (Å²) < 4.78 is 0. The molecule has 17 heavy (non-hydrogen) atoms. The molecule has 0 aliphatic rings. The summed E-state index contributed by atoms with van der Waals surface area (Å²) in [6, 6.07) is 1.09. The molecule has 0 fully saturated rings. The van der Waals surface area contributed by atoms with Gasteiger partial charge >= 0.3 is 5.97 Å². The second-order valence-corrected chi connectivity index (χ2v) is 4.93. The SMILES string of the molecule is C[C@H](NC(=O)C(CS)Cc1ccsc1)C(=O)O. The monoisotopic (exact) mass is 273 g/mol. The van der Waals surface area contributed by atoms with E-state index < -0.39 is 12.0 Å². The molecule has 1 aromatic heterocycles. The van der Waals surface area contributed by atoms with Gasteiger partial charge in [-0.3, -0.25) is 9.59 Å². The number of thiol groups is 1. The highest BCUT2D eigenvalue weighted by atomic mass is 32.1. The maximum absolute atomic E-state index is 11.8. The molecule has 2 N–H and O–H groups in total. The number of carbonyl (C=O) groups excluding carboxylic acids is 1. The second-order valence-electron chi connectivity index (χ2n) is 3.78. The summed E-state index contributed by atoms with van der Waals surface area (Å²) in [5.74, 6) is -1.20. The van der Waals surface area contributed by atoms with Gasteiger partial charge < -0.3 is 10.4 Å². The highest BCUT2D eigenvalue weighted by molar-refractivity contribution is 7.80. The van der Waals surface area contributed by atoms with E-state index in [-0.39, 0.29) is 11.8 Å². The number of hydrogen-bond acceptors (Lipinski definition) is 4. The van der Waals surface area contributed by atoms with E-state index in [4.69, 9.17) is 5.11 Å². The van der Waals surface area contributed by atoms with Crippen molar-refractivity contribution in [2.75, 3.05) is 5.75 Å². The smallest absolute Gasteiger partial charge is 0.325 e. The predicted molar refractivity (Wildman–Crippen MR) is 70.6 cm³/mol. The van der Waals surface area contributed by atoms with Crippen molar-refractivity contribution in [3.63, 3.8) is 0 Å². The zero-order chi connectivity index (χ0) is 12.8. The largest absolute Gasteiger partial charge is 0.480 e. The number of hydrogen-bond donors (Lipinski definition) is 3. The molecule has 0 aliphatic heterocycles. The molecule has 0 bridgehead atoms. The highest BCUT2D eigenvalue weighted by Gasteiger charge is 2.21. The molecule has 0 radical (unpaired) electrons. The summed E-state index contributed by atoms with van der Waals surface area (Å²) in [4.78, 5) is 22.4. The lowest BCUT2D eigenvalue weighted by atomic mass is 10.0. The van der Waals surface area contributed by atoms with Crippen molar-refractivity contribution in [1.82, 2.24) is 5.32 Å². The van der Waals surface area contributed by atoms with E-state index in [9.17, 15) is 9.59 Å². The zero-order valence-electron chi connectivity index (χ0n) is 9.42. The molecule has 1 aromatic rings. The van der Waals surface area contributed by atoms with Crippen LogP contribution in [0.2, 0.25) is 0 Å². The van der Waals surface area contributed by atoms with Crippen LogP contribution in [0.3, 0.4) is 0 Å². The predicted octanol–water partition coefficient (Wildman–Crippen LogP) is 1.43. The molecule has 1 rings (SSSR count). The van der Waals surface area contributed by atoms with Crippen LogP contribution in [0, 0.1) is 5.92 Å². The molecule has 0 saturated carbocycles. The molecule has 0 spiro atoms. The number of thiophene rings is 1. The van der Waals surface area contributed by atoms with E-state index in [0.717, 1.165) is 5.56 Å². The van der Waals surface area contributed by atoms with Gasteiger partial charge in [0.15, 0.2) is 0 Å². The molecule has 1 amide bonds. The van der Waals surface area contributed by atoms with Crippen LogP contribution in [0.5, 0.6) is 0 Å². The van der Waals surface area contributed by atoms with Gasteiger partial charge in [-0.15, -0.1) is 0 Å². The Morgan fingerprint density at radius 1 is 1.59 bits per heavy atom. The Kier molecular flexibility index (Phi) is 5.50. The lowest BCUT2D eigenvalue weighted by Crippen LogP contribution is -2.42. The molecule has 1 unspecified atom stereocenters. The molecule has 94 valence electrons. The van der Waals surface area contributed by atoms with Gasteiger partial charge in [-0.2, -0.15) is 24.0 Å². The first-order chi connectivity index (χ1) is 8.04. The summed E-state index contributed by atoms with van der Waals surface area (Å²) in [5, 5.41) is 15.1. The molecule has 4 nitrogen and oxygen atoms in total. The normalized spacial score (nSPS) is 14.0. The molecule has 0 aromatic carbocycles. The van der Waals surface area contributed by atoms with Gasteiger partial charge in [0.25, 0.3) is 0 Å². The fraction of sp³-hybridized carbons (Fsp3) is 0.455. The summed E-state index contributed by atoms with van der Waals surface area (Å²) in [7, 11) is 0. The number of carbonyl (C=O) groups is 2. The molecule has 0 saturated heterocycles. The number of aliphatic carboxylic acids is 1. The fourth-order valence-electron chi connectivity index (χ4n) is 1.33. The molecule has 6 heteroatoms. The second kappa shape index (κ2) is 6.66. The fourth-order valence-corrected chi connectivity index (χ4v) is 2.30. The standard InChI is InChI=1S/C11H15NO3S2/c1-7(11(14)15)12-10(13)9(5-16)4-8-2-3-17-6-8/h2-3,6-7,9,16H,4-5H2,1H3,(H,12,13)(H,14,15)/t7-,9?/m0/s1. The van der Waals surface area contributed by atoms with Gasteiger partial charge in [0.2, 0.25) is 5.91 Å². The van der Waals surface area contributed by atoms with Crippen molar-refractivity contribution < 1.29 is 14.7 Å². The average Bonchev–Trinajstić information content (AvgIpc) is 2.78. The topological polar surface area (TPSA) is 66.4 Å². The Bertz CT molecular complexity index is 378. The Hall–Kier alpha value is -1.01.